The van der Waals surface area contributed by atoms with Gasteiger partial charge in [0.05, 0.1) is 14.2 Å². The lowest BCUT2D eigenvalue weighted by molar-refractivity contribution is 0.351. The largest absolute Gasteiger partial charge is 0.493 e. The molecule has 1 unspecified atom stereocenters. The second-order valence-corrected chi connectivity index (χ2v) is 4.24. The molecule has 3 N–H and O–H groups in total. The highest BCUT2D eigenvalue weighted by Gasteiger charge is 2.21. The quantitative estimate of drug-likeness (QED) is 0.875. The highest BCUT2D eigenvalue weighted by atomic mass is 35.5. The first-order valence-electron chi connectivity index (χ1n) is 5.98. The van der Waals surface area contributed by atoms with Crippen LogP contribution >= 0.6 is 12.4 Å². The van der Waals surface area contributed by atoms with Gasteiger partial charge >= 0.3 is 0 Å². The lowest BCUT2D eigenvalue weighted by atomic mass is 9.92. The monoisotopic (exact) mass is 272 g/mol. The highest BCUT2D eigenvalue weighted by molar-refractivity contribution is 5.85. The molecule has 0 saturated heterocycles. The van der Waals surface area contributed by atoms with Crippen molar-refractivity contribution < 1.29 is 9.47 Å². The van der Waals surface area contributed by atoms with Crippen LogP contribution in [-0.4, -0.2) is 27.3 Å². The third kappa shape index (κ3) is 2.88. The second kappa shape index (κ2) is 6.83. The van der Waals surface area contributed by atoms with E-state index in [1.807, 2.05) is 0 Å². The Hall–Kier alpha value is -0.970. The standard InChI is InChI=1S/C13H20N2O2.ClH/c1-16-12-7-9-4-6-15-11(3-5-14)10(9)8-13(12)17-2;/h7-8,11,15H,3-6,14H2,1-2H3;1H. The SMILES string of the molecule is COc1cc2c(cc1OC)C(CCN)NCC2.Cl. The summed E-state index contributed by atoms with van der Waals surface area (Å²) in [6.07, 6.45) is 1.97. The van der Waals surface area contributed by atoms with Gasteiger partial charge in [0.2, 0.25) is 0 Å². The molecule has 0 radical (unpaired) electrons. The summed E-state index contributed by atoms with van der Waals surface area (Å²) in [4.78, 5) is 0. The van der Waals surface area contributed by atoms with Gasteiger partial charge in [-0.1, -0.05) is 0 Å². The molecule has 1 aromatic rings. The smallest absolute Gasteiger partial charge is 0.161 e. The van der Waals surface area contributed by atoms with Gasteiger partial charge in [0, 0.05) is 6.04 Å². The van der Waals surface area contributed by atoms with Crippen molar-refractivity contribution in [2.24, 2.45) is 5.73 Å². The van der Waals surface area contributed by atoms with Crippen LogP contribution in [0.5, 0.6) is 11.5 Å². The van der Waals surface area contributed by atoms with Crippen LogP contribution < -0.4 is 20.5 Å². The lowest BCUT2D eigenvalue weighted by Gasteiger charge is -2.27. The van der Waals surface area contributed by atoms with Crippen molar-refractivity contribution in [3.63, 3.8) is 0 Å². The molecule has 0 aliphatic carbocycles. The van der Waals surface area contributed by atoms with Crippen LogP contribution in [0, 0.1) is 0 Å². The molecular weight excluding hydrogens is 252 g/mol. The van der Waals surface area contributed by atoms with E-state index in [1.165, 1.54) is 11.1 Å². The maximum absolute atomic E-state index is 5.65. The Balaban J connectivity index is 0.00000162. The van der Waals surface area contributed by atoms with Crippen molar-refractivity contribution >= 4 is 12.4 Å². The van der Waals surface area contributed by atoms with Crippen LogP contribution in [-0.2, 0) is 6.42 Å². The van der Waals surface area contributed by atoms with Crippen molar-refractivity contribution in [2.75, 3.05) is 27.3 Å². The van der Waals surface area contributed by atoms with E-state index in [2.05, 4.69) is 17.4 Å². The summed E-state index contributed by atoms with van der Waals surface area (Å²) in [7, 11) is 3.33. The fraction of sp³-hybridized carbons (Fsp3) is 0.538. The molecule has 4 nitrogen and oxygen atoms in total. The predicted molar refractivity (Wildman–Crippen MR) is 74.9 cm³/mol. The molecule has 1 aliphatic heterocycles. The normalized spacial score (nSPS) is 17.6. The van der Waals surface area contributed by atoms with Gasteiger partial charge in [0.25, 0.3) is 0 Å². The lowest BCUT2D eigenvalue weighted by Crippen LogP contribution is -2.31. The van der Waals surface area contributed by atoms with E-state index in [-0.39, 0.29) is 12.4 Å². The minimum atomic E-state index is 0. The average molecular weight is 273 g/mol. The van der Waals surface area contributed by atoms with Gasteiger partial charge in [0.15, 0.2) is 11.5 Å². The number of nitrogens with two attached hydrogens (primary N) is 1. The first-order valence-corrected chi connectivity index (χ1v) is 5.98. The molecule has 0 aromatic heterocycles. The maximum Gasteiger partial charge on any atom is 0.161 e. The average Bonchev–Trinajstić information content (AvgIpc) is 2.38. The molecular formula is C13H21ClN2O2. The summed E-state index contributed by atoms with van der Waals surface area (Å²) in [5.74, 6) is 1.59. The summed E-state index contributed by atoms with van der Waals surface area (Å²) >= 11 is 0. The van der Waals surface area contributed by atoms with E-state index in [9.17, 15) is 0 Å². The van der Waals surface area contributed by atoms with Crippen LogP contribution in [0.25, 0.3) is 0 Å². The molecule has 18 heavy (non-hydrogen) atoms. The Bertz CT molecular complexity index is 399. The molecule has 1 aromatic carbocycles. The molecule has 1 heterocycles. The zero-order valence-electron chi connectivity index (χ0n) is 10.9. The van der Waals surface area contributed by atoms with Crippen LogP contribution in [0.2, 0.25) is 0 Å². The molecule has 0 saturated carbocycles. The number of hydrogen-bond acceptors (Lipinski definition) is 4. The van der Waals surface area contributed by atoms with Crippen molar-refractivity contribution in [1.29, 1.82) is 0 Å². The first-order chi connectivity index (χ1) is 8.30. The van der Waals surface area contributed by atoms with Crippen molar-refractivity contribution in [1.82, 2.24) is 5.32 Å². The van der Waals surface area contributed by atoms with Crippen molar-refractivity contribution in [2.45, 2.75) is 18.9 Å². The third-order valence-electron chi connectivity index (χ3n) is 3.26. The van der Waals surface area contributed by atoms with E-state index in [1.54, 1.807) is 14.2 Å². The van der Waals surface area contributed by atoms with Gasteiger partial charge in [-0.15, -0.1) is 12.4 Å². The number of halogens is 1. The zero-order chi connectivity index (χ0) is 12.3. The summed E-state index contributed by atoms with van der Waals surface area (Å²) in [5, 5.41) is 3.49. The van der Waals surface area contributed by atoms with Crippen molar-refractivity contribution in [3.8, 4) is 11.5 Å². The van der Waals surface area contributed by atoms with Gasteiger partial charge in [-0.2, -0.15) is 0 Å². The Morgan fingerprint density at radius 3 is 2.56 bits per heavy atom. The molecule has 0 fully saturated rings. The molecule has 1 atom stereocenters. The number of methoxy groups -OCH3 is 2. The third-order valence-corrected chi connectivity index (χ3v) is 3.26. The number of benzene rings is 1. The Kier molecular flexibility index (Phi) is 5.72. The van der Waals surface area contributed by atoms with Gasteiger partial charge in [-0.3, -0.25) is 0 Å². The number of ether oxygens (including phenoxy) is 2. The summed E-state index contributed by atoms with van der Waals surface area (Å²) in [5.41, 5.74) is 8.27. The fourth-order valence-electron chi connectivity index (χ4n) is 2.39. The predicted octanol–water partition coefficient (Wildman–Crippen LogP) is 1.66. The molecule has 0 amide bonds. The van der Waals surface area contributed by atoms with Crippen LogP contribution in [0.1, 0.15) is 23.6 Å². The van der Waals surface area contributed by atoms with Gasteiger partial charge < -0.3 is 20.5 Å². The van der Waals surface area contributed by atoms with E-state index >= 15 is 0 Å². The van der Waals surface area contributed by atoms with Gasteiger partial charge in [-0.05, 0) is 49.2 Å². The minimum Gasteiger partial charge on any atom is -0.493 e. The van der Waals surface area contributed by atoms with E-state index in [4.69, 9.17) is 15.2 Å². The number of fused-ring (bicyclic) bond motifs is 1. The van der Waals surface area contributed by atoms with Gasteiger partial charge in [-0.25, -0.2) is 0 Å². The second-order valence-electron chi connectivity index (χ2n) is 4.24. The van der Waals surface area contributed by atoms with Crippen molar-refractivity contribution in [3.05, 3.63) is 23.3 Å². The fourth-order valence-corrected chi connectivity index (χ4v) is 2.39. The molecule has 102 valence electrons. The van der Waals surface area contributed by atoms with E-state index in [0.717, 1.165) is 30.9 Å². The van der Waals surface area contributed by atoms with E-state index < -0.39 is 0 Å². The highest BCUT2D eigenvalue weighted by Crippen LogP contribution is 2.35. The van der Waals surface area contributed by atoms with Gasteiger partial charge in [0.1, 0.15) is 0 Å². The Morgan fingerprint density at radius 1 is 1.28 bits per heavy atom. The molecule has 2 rings (SSSR count). The summed E-state index contributed by atoms with van der Waals surface area (Å²) < 4.78 is 10.7. The Morgan fingerprint density at radius 2 is 1.94 bits per heavy atom. The molecule has 0 spiro atoms. The van der Waals surface area contributed by atoms with E-state index in [0.29, 0.717) is 12.6 Å². The summed E-state index contributed by atoms with van der Waals surface area (Å²) in [6, 6.07) is 4.49. The number of nitrogens with one attached hydrogen (secondary N) is 1. The first kappa shape index (κ1) is 15.1. The minimum absolute atomic E-state index is 0. The molecule has 0 bridgehead atoms. The van der Waals surface area contributed by atoms with Crippen LogP contribution in [0.15, 0.2) is 12.1 Å². The molecule has 1 aliphatic rings. The maximum atomic E-state index is 5.65. The van der Waals surface area contributed by atoms with Crippen LogP contribution in [0.3, 0.4) is 0 Å². The van der Waals surface area contributed by atoms with Crippen LogP contribution in [0.4, 0.5) is 0 Å². The number of rotatable bonds is 4. The topological polar surface area (TPSA) is 56.5 Å². The number of hydrogen-bond donors (Lipinski definition) is 2. The Labute approximate surface area is 114 Å². The zero-order valence-corrected chi connectivity index (χ0v) is 11.7. The summed E-state index contributed by atoms with van der Waals surface area (Å²) in [6.45, 7) is 1.68. The molecule has 5 heteroatoms.